The Hall–Kier alpha value is -4.90. The maximum atomic E-state index is 14.3. The van der Waals surface area contributed by atoms with Crippen molar-refractivity contribution < 1.29 is 51.0 Å². The summed E-state index contributed by atoms with van der Waals surface area (Å²) in [6.45, 7) is 1.58. The number of nitrogens with one attached hydrogen (secondary N) is 2. The highest BCUT2D eigenvalue weighted by Crippen LogP contribution is 2.48. The van der Waals surface area contributed by atoms with Gasteiger partial charge in [-0.05, 0) is 50.5 Å². The summed E-state index contributed by atoms with van der Waals surface area (Å²) in [6, 6.07) is 16.5. The highest BCUT2D eigenvalue weighted by molar-refractivity contribution is 5.84. The van der Waals surface area contributed by atoms with Crippen LogP contribution in [0.2, 0.25) is 0 Å². The van der Waals surface area contributed by atoms with E-state index in [1.54, 1.807) is 43.0 Å². The van der Waals surface area contributed by atoms with Crippen molar-refractivity contribution in [2.45, 2.75) is 69.2 Å². The van der Waals surface area contributed by atoms with E-state index in [1.165, 1.54) is 18.5 Å². The number of carbonyl (C=O) groups is 2. The molecule has 4 N–H and O–H groups in total. The number of aliphatic hydroxyl groups is 2. The van der Waals surface area contributed by atoms with E-state index in [0.717, 1.165) is 11.8 Å². The fraction of sp³-hybridized carbons (Fsp3) is 0.436. The fourth-order valence-corrected chi connectivity index (χ4v) is 7.71. The van der Waals surface area contributed by atoms with E-state index >= 15 is 0 Å². The van der Waals surface area contributed by atoms with Crippen molar-refractivity contribution in [1.82, 2.24) is 25.5 Å². The van der Waals surface area contributed by atoms with Crippen LogP contribution in [0.1, 0.15) is 56.2 Å². The van der Waals surface area contributed by atoms with Crippen LogP contribution in [0.25, 0.3) is 11.3 Å². The first-order valence-electron chi connectivity index (χ1n) is 18.1. The Morgan fingerprint density at radius 1 is 1.04 bits per heavy atom. The molecule has 12 nitrogen and oxygen atoms in total. The minimum atomic E-state index is -4.78. The summed E-state index contributed by atoms with van der Waals surface area (Å²) >= 11 is 0. The van der Waals surface area contributed by atoms with Crippen LogP contribution in [0.5, 0.6) is 5.75 Å². The van der Waals surface area contributed by atoms with Gasteiger partial charge in [0.15, 0.2) is 11.8 Å². The number of amides is 2. The lowest BCUT2D eigenvalue weighted by atomic mass is 9.86. The second-order valence-corrected chi connectivity index (χ2v) is 14.6. The van der Waals surface area contributed by atoms with Crippen LogP contribution in [-0.4, -0.2) is 98.7 Å². The highest BCUT2D eigenvalue weighted by Gasteiger charge is 2.66. The quantitative estimate of drug-likeness (QED) is 0.0871. The van der Waals surface area contributed by atoms with Crippen LogP contribution in [0, 0.1) is 5.82 Å². The van der Waals surface area contributed by atoms with Gasteiger partial charge in [0.1, 0.15) is 30.8 Å². The first-order chi connectivity index (χ1) is 26.1. The number of para-hydroxylation sites is 1. The van der Waals surface area contributed by atoms with Crippen molar-refractivity contribution in [3.05, 3.63) is 102 Å². The van der Waals surface area contributed by atoms with Gasteiger partial charge < -0.3 is 30.0 Å². The average molecular weight is 770 g/mol. The molecule has 2 amide bonds. The fourth-order valence-electron chi connectivity index (χ4n) is 7.71. The van der Waals surface area contributed by atoms with E-state index in [4.69, 9.17) is 9.15 Å². The van der Waals surface area contributed by atoms with Gasteiger partial charge in [-0.3, -0.25) is 24.0 Å². The van der Waals surface area contributed by atoms with Crippen molar-refractivity contribution in [3.8, 4) is 17.1 Å². The summed E-state index contributed by atoms with van der Waals surface area (Å²) in [6.07, 6.45) is -1.49. The van der Waals surface area contributed by atoms with E-state index in [-0.39, 0.29) is 56.6 Å². The molecule has 2 aromatic heterocycles. The largest absolute Gasteiger partial charge is 0.490 e. The first kappa shape index (κ1) is 39.8. The average Bonchev–Trinajstić information content (AvgIpc) is 3.67. The van der Waals surface area contributed by atoms with Crippen LogP contribution in [0.15, 0.2) is 83.7 Å². The van der Waals surface area contributed by atoms with Crippen LogP contribution in [0.3, 0.4) is 0 Å². The summed E-state index contributed by atoms with van der Waals surface area (Å²) in [4.78, 5) is 37.1. The number of fused-ring (bicyclic) bond motifs is 1. The minimum absolute atomic E-state index is 0.0158. The molecule has 2 aliphatic heterocycles. The number of oxazole rings is 1. The van der Waals surface area contributed by atoms with Crippen LogP contribution in [0.4, 0.5) is 17.6 Å². The van der Waals surface area contributed by atoms with E-state index < -0.39 is 58.9 Å². The van der Waals surface area contributed by atoms with Crippen molar-refractivity contribution in [2.75, 3.05) is 39.3 Å². The number of carbonyl (C=O) groups excluding carboxylic acids is 2. The number of benzene rings is 2. The number of halogens is 4. The van der Waals surface area contributed by atoms with Crippen molar-refractivity contribution in [3.63, 3.8) is 0 Å². The third-order valence-corrected chi connectivity index (χ3v) is 10.6. The number of β-amino-alcohol motifs (C(OH)–C–C–N with tert-alkyl or cyclic N) is 1. The Morgan fingerprint density at radius 2 is 1.78 bits per heavy atom. The summed E-state index contributed by atoms with van der Waals surface area (Å²) in [5.41, 5.74) is -2.01. The van der Waals surface area contributed by atoms with Crippen LogP contribution >= 0.6 is 0 Å². The normalized spacial score (nSPS) is 23.1. The Balaban J connectivity index is 1.34. The maximum Gasteiger partial charge on any atom is 0.405 e. The molecule has 0 unspecified atom stereocenters. The monoisotopic (exact) mass is 769 g/mol. The van der Waals surface area contributed by atoms with E-state index in [1.807, 2.05) is 35.6 Å². The molecular formula is C39H45F4N6O6+. The van der Waals surface area contributed by atoms with Gasteiger partial charge in [0, 0.05) is 31.3 Å². The molecular weight excluding hydrogens is 724 g/mol. The molecule has 2 aromatic carbocycles. The second kappa shape index (κ2) is 16.1. The molecule has 0 radical (unpaired) electrons. The van der Waals surface area contributed by atoms with Crippen molar-refractivity contribution >= 4 is 11.8 Å². The number of unbranched alkanes of at least 4 members (excludes halogenated alkanes) is 1. The zero-order valence-electron chi connectivity index (χ0n) is 30.6. The number of hydrogen-bond donors (Lipinski definition) is 4. The first-order valence-corrected chi connectivity index (χ1v) is 18.1. The molecule has 0 aliphatic carbocycles. The molecule has 16 heteroatoms. The smallest absolute Gasteiger partial charge is 0.405 e. The van der Waals surface area contributed by atoms with Gasteiger partial charge in [-0.25, -0.2) is 9.37 Å². The molecule has 4 atom stereocenters. The number of piperazine rings is 1. The number of nitrogens with zero attached hydrogens (tertiary/aromatic N) is 4. The molecule has 55 heavy (non-hydrogen) atoms. The molecule has 0 saturated carbocycles. The van der Waals surface area contributed by atoms with Crippen molar-refractivity contribution in [1.29, 1.82) is 0 Å². The zero-order valence-corrected chi connectivity index (χ0v) is 30.6. The summed E-state index contributed by atoms with van der Waals surface area (Å²) in [5, 5.41) is 29.5. The Kier molecular flexibility index (Phi) is 11.6. The van der Waals surface area contributed by atoms with E-state index in [0.29, 0.717) is 29.8 Å². The van der Waals surface area contributed by atoms with Crippen LogP contribution in [-0.2, 0) is 21.7 Å². The zero-order chi connectivity index (χ0) is 39.4. The second-order valence-electron chi connectivity index (χ2n) is 14.6. The SMILES string of the molecule is CC(C)(c1ncc(-c2cncc(F)c2)o1)N1CC[N@@+](CCCCC(=O)NCc2ccccc2)([C@H]2c3ccccc3OC[C@H]2O)[C@@](O)(C(=O)NCC(F)(F)F)C1. The Morgan fingerprint density at radius 3 is 2.53 bits per heavy atom. The predicted octanol–water partition coefficient (Wildman–Crippen LogP) is 4.59. The predicted molar refractivity (Wildman–Crippen MR) is 191 cm³/mol. The van der Waals surface area contributed by atoms with Gasteiger partial charge in [-0.2, -0.15) is 13.2 Å². The molecule has 4 aromatic rings. The molecule has 0 bridgehead atoms. The maximum absolute atomic E-state index is 14.3. The summed E-state index contributed by atoms with van der Waals surface area (Å²) in [5.74, 6) is -1.31. The molecule has 294 valence electrons. The van der Waals surface area contributed by atoms with Gasteiger partial charge in [0.25, 0.3) is 5.72 Å². The number of pyridine rings is 1. The Labute approximate surface area is 315 Å². The molecule has 4 heterocycles. The lowest BCUT2D eigenvalue weighted by Gasteiger charge is -2.60. The summed E-state index contributed by atoms with van der Waals surface area (Å²) < 4.78 is 66.1. The third-order valence-electron chi connectivity index (χ3n) is 10.6. The van der Waals surface area contributed by atoms with Gasteiger partial charge in [0.05, 0.1) is 43.1 Å². The topological polar surface area (TPSA) is 150 Å². The number of aliphatic hydroxyl groups excluding tert-OH is 1. The van der Waals surface area contributed by atoms with Crippen molar-refractivity contribution in [2.24, 2.45) is 0 Å². The highest BCUT2D eigenvalue weighted by atomic mass is 19.4. The van der Waals surface area contributed by atoms with Crippen LogP contribution < -0.4 is 15.4 Å². The van der Waals surface area contributed by atoms with Gasteiger partial charge in [-0.15, -0.1) is 0 Å². The number of quaternary nitrogens is 1. The number of aromatic nitrogens is 2. The molecule has 1 saturated heterocycles. The Bertz CT molecular complexity index is 1960. The van der Waals surface area contributed by atoms with Gasteiger partial charge >= 0.3 is 12.1 Å². The van der Waals surface area contributed by atoms with E-state index in [9.17, 15) is 37.4 Å². The number of alkyl halides is 3. The number of ether oxygens (including phenoxy) is 1. The standard InChI is InChI=1S/C39H44F4N6O6/c1-37(2,36-46-22-32(55-36)27-18-28(40)21-44-20-27)48-15-17-49(38(53,25-48)35(52)47-24-39(41,42)43,34-29-12-6-7-13-31(29)54-23-30(34)50)16-9-8-14-33(51)45-19-26-10-4-3-5-11-26/h3-7,10-13,18,20-22,30,34,50,53H,8-9,14-17,19,23-25H2,1-2H3,(H-,45,47,51,52)/p+1/t30-,34+,38+,49+/m1/s1. The molecule has 2 aliphatic rings. The summed E-state index contributed by atoms with van der Waals surface area (Å²) in [7, 11) is 0. The molecule has 6 rings (SSSR count). The third kappa shape index (κ3) is 8.52. The van der Waals surface area contributed by atoms with Gasteiger partial charge in [-0.1, -0.05) is 42.5 Å². The minimum Gasteiger partial charge on any atom is -0.490 e. The lowest BCUT2D eigenvalue weighted by Crippen LogP contribution is -2.81. The van der Waals surface area contributed by atoms with E-state index in [2.05, 4.69) is 15.3 Å². The number of hydrogen-bond acceptors (Lipinski definition) is 9. The molecule has 1 fully saturated rings. The molecule has 0 spiro atoms. The number of rotatable bonds is 13. The van der Waals surface area contributed by atoms with Gasteiger partial charge in [0.2, 0.25) is 11.8 Å². The lowest BCUT2D eigenvalue weighted by molar-refractivity contribution is -1.02.